The molecule has 2 heterocycles. The van der Waals surface area contributed by atoms with Gasteiger partial charge in [0.25, 0.3) is 0 Å². The van der Waals surface area contributed by atoms with Crippen molar-refractivity contribution in [2.75, 3.05) is 19.6 Å². The molecule has 0 amide bonds. The van der Waals surface area contributed by atoms with Crippen LogP contribution in [0.15, 0.2) is 36.4 Å². The van der Waals surface area contributed by atoms with E-state index in [4.69, 9.17) is 21.4 Å². The number of aliphatic carboxylic acids is 1. The van der Waals surface area contributed by atoms with Crippen molar-refractivity contribution in [1.82, 2.24) is 15.1 Å². The van der Waals surface area contributed by atoms with Gasteiger partial charge in [-0.2, -0.15) is 0 Å². The third-order valence-corrected chi connectivity index (χ3v) is 7.13. The zero-order valence-electron chi connectivity index (χ0n) is 19.0. The summed E-state index contributed by atoms with van der Waals surface area (Å²) < 4.78 is 5.73. The molecule has 1 saturated heterocycles. The molecule has 0 atom stereocenters. The van der Waals surface area contributed by atoms with E-state index < -0.39 is 5.97 Å². The van der Waals surface area contributed by atoms with Crippen LogP contribution in [-0.4, -0.2) is 51.9 Å². The minimum Gasteiger partial charge on any atom is -0.489 e. The zero-order valence-corrected chi connectivity index (χ0v) is 20.6. The predicted molar refractivity (Wildman–Crippen MR) is 132 cm³/mol. The first-order chi connectivity index (χ1) is 15.9. The second-order valence-corrected chi connectivity index (χ2v) is 9.95. The standard InChI is InChI=1S/C25H28ClN3O3S/c1-4-19-16(10-11-29-13-18(14-29)25(30)31)6-5-7-20(19)24-28-27-23(33-24)17-8-9-22(21(26)12-17)32-15(2)3/h5-9,12,15,18H,4,10-11,13-14H2,1-3H3,(H,30,31). The summed E-state index contributed by atoms with van der Waals surface area (Å²) in [4.78, 5) is 13.2. The highest BCUT2D eigenvalue weighted by molar-refractivity contribution is 7.17. The van der Waals surface area contributed by atoms with E-state index in [1.165, 1.54) is 11.1 Å². The van der Waals surface area contributed by atoms with Gasteiger partial charge in [-0.15, -0.1) is 10.2 Å². The Balaban J connectivity index is 1.51. The van der Waals surface area contributed by atoms with Crippen LogP contribution in [0.25, 0.3) is 21.1 Å². The number of hydrogen-bond acceptors (Lipinski definition) is 6. The number of likely N-dealkylation sites (tertiary alicyclic amines) is 1. The highest BCUT2D eigenvalue weighted by atomic mass is 35.5. The van der Waals surface area contributed by atoms with Gasteiger partial charge >= 0.3 is 5.97 Å². The number of rotatable bonds is 9. The van der Waals surface area contributed by atoms with Crippen molar-refractivity contribution in [2.45, 2.75) is 39.7 Å². The minimum absolute atomic E-state index is 0.0564. The molecule has 1 aromatic heterocycles. The molecule has 3 aromatic rings. The van der Waals surface area contributed by atoms with Crippen molar-refractivity contribution < 1.29 is 14.6 Å². The smallest absolute Gasteiger partial charge is 0.309 e. The molecule has 0 radical (unpaired) electrons. The van der Waals surface area contributed by atoms with Gasteiger partial charge < -0.3 is 14.7 Å². The third-order valence-electron chi connectivity index (χ3n) is 5.83. The van der Waals surface area contributed by atoms with Crippen molar-refractivity contribution in [3.63, 3.8) is 0 Å². The van der Waals surface area contributed by atoms with Crippen LogP contribution in [0.4, 0.5) is 0 Å². The number of benzene rings is 2. The van der Waals surface area contributed by atoms with Gasteiger partial charge in [-0.05, 0) is 56.0 Å². The first kappa shape index (κ1) is 23.7. The Labute approximate surface area is 203 Å². The predicted octanol–water partition coefficient (Wildman–Crippen LogP) is 5.43. The van der Waals surface area contributed by atoms with Gasteiger partial charge in [0.15, 0.2) is 0 Å². The molecule has 4 rings (SSSR count). The summed E-state index contributed by atoms with van der Waals surface area (Å²) in [6.45, 7) is 8.24. The summed E-state index contributed by atoms with van der Waals surface area (Å²) in [6.07, 6.45) is 1.84. The summed E-state index contributed by atoms with van der Waals surface area (Å²) in [5.41, 5.74) is 4.58. The van der Waals surface area contributed by atoms with Crippen molar-refractivity contribution in [3.8, 4) is 26.9 Å². The highest BCUT2D eigenvalue weighted by Gasteiger charge is 2.32. The molecule has 174 valence electrons. The maximum Gasteiger partial charge on any atom is 0.309 e. The average molecular weight is 486 g/mol. The molecule has 0 unspecified atom stereocenters. The van der Waals surface area contributed by atoms with E-state index in [9.17, 15) is 4.79 Å². The third kappa shape index (κ3) is 5.37. The summed E-state index contributed by atoms with van der Waals surface area (Å²) >= 11 is 7.97. The Morgan fingerprint density at radius 1 is 1.24 bits per heavy atom. The molecule has 1 aliphatic heterocycles. The van der Waals surface area contributed by atoms with E-state index in [0.717, 1.165) is 40.5 Å². The van der Waals surface area contributed by atoms with E-state index in [0.29, 0.717) is 23.9 Å². The van der Waals surface area contributed by atoms with Crippen LogP contribution in [0.3, 0.4) is 0 Å². The number of halogens is 1. The van der Waals surface area contributed by atoms with Crippen LogP contribution in [0.1, 0.15) is 31.9 Å². The van der Waals surface area contributed by atoms with Gasteiger partial charge in [0.2, 0.25) is 0 Å². The van der Waals surface area contributed by atoms with Crippen molar-refractivity contribution in [2.24, 2.45) is 5.92 Å². The maximum atomic E-state index is 11.0. The maximum absolute atomic E-state index is 11.0. The molecule has 1 N–H and O–H groups in total. The fourth-order valence-electron chi connectivity index (χ4n) is 4.11. The van der Waals surface area contributed by atoms with Gasteiger partial charge in [0.1, 0.15) is 15.8 Å². The Morgan fingerprint density at radius 3 is 2.67 bits per heavy atom. The molecule has 33 heavy (non-hydrogen) atoms. The highest BCUT2D eigenvalue weighted by Crippen LogP contribution is 2.36. The molecule has 2 aromatic carbocycles. The summed E-state index contributed by atoms with van der Waals surface area (Å²) in [6, 6.07) is 12.0. The lowest BCUT2D eigenvalue weighted by Gasteiger charge is -2.36. The second-order valence-electron chi connectivity index (χ2n) is 8.57. The zero-order chi connectivity index (χ0) is 23.5. The number of carboxylic acid groups (broad SMARTS) is 1. The van der Waals surface area contributed by atoms with Gasteiger partial charge in [-0.25, -0.2) is 0 Å². The van der Waals surface area contributed by atoms with E-state index in [-0.39, 0.29) is 12.0 Å². The SMILES string of the molecule is CCc1c(CCN2CC(C(=O)O)C2)cccc1-c1nnc(-c2ccc(OC(C)C)c(Cl)c2)s1. The summed E-state index contributed by atoms with van der Waals surface area (Å²) in [5, 5.41) is 20.2. The molecule has 6 nitrogen and oxygen atoms in total. The monoisotopic (exact) mass is 485 g/mol. The van der Waals surface area contributed by atoms with Crippen molar-refractivity contribution >= 4 is 28.9 Å². The minimum atomic E-state index is -0.696. The number of hydrogen-bond donors (Lipinski definition) is 1. The van der Waals surface area contributed by atoms with Gasteiger partial charge in [0.05, 0.1) is 17.0 Å². The first-order valence-electron chi connectivity index (χ1n) is 11.2. The molecule has 8 heteroatoms. The van der Waals surface area contributed by atoms with Crippen LogP contribution in [0, 0.1) is 5.92 Å². The molecule has 0 spiro atoms. The van der Waals surface area contributed by atoms with Crippen LogP contribution in [0.2, 0.25) is 5.02 Å². The number of carboxylic acids is 1. The molecule has 1 aliphatic rings. The van der Waals surface area contributed by atoms with Crippen molar-refractivity contribution in [1.29, 1.82) is 0 Å². The lowest BCUT2D eigenvalue weighted by Crippen LogP contribution is -2.50. The topological polar surface area (TPSA) is 75.6 Å². The normalized spacial score (nSPS) is 14.5. The van der Waals surface area contributed by atoms with Crippen LogP contribution in [0.5, 0.6) is 5.75 Å². The molecule has 0 saturated carbocycles. The van der Waals surface area contributed by atoms with Crippen LogP contribution in [-0.2, 0) is 17.6 Å². The fraction of sp³-hybridized carbons (Fsp3) is 0.400. The lowest BCUT2D eigenvalue weighted by molar-refractivity contribution is -0.147. The van der Waals surface area contributed by atoms with Gasteiger partial charge in [0, 0.05) is 30.8 Å². The van der Waals surface area contributed by atoms with Crippen molar-refractivity contribution in [3.05, 3.63) is 52.5 Å². The van der Waals surface area contributed by atoms with Crippen LogP contribution >= 0.6 is 22.9 Å². The lowest BCUT2D eigenvalue weighted by atomic mass is 9.95. The molecular weight excluding hydrogens is 458 g/mol. The summed E-state index contributed by atoms with van der Waals surface area (Å²) in [5.74, 6) is -0.253. The molecular formula is C25H28ClN3O3S. The Morgan fingerprint density at radius 2 is 2.00 bits per heavy atom. The van der Waals surface area contributed by atoms with Crippen LogP contribution < -0.4 is 4.74 Å². The quantitative estimate of drug-likeness (QED) is 0.435. The molecule has 0 aliphatic carbocycles. The van der Waals surface area contributed by atoms with E-state index >= 15 is 0 Å². The average Bonchev–Trinajstić information content (AvgIpc) is 3.23. The Hall–Kier alpha value is -2.48. The number of ether oxygens (including phenoxy) is 1. The largest absolute Gasteiger partial charge is 0.489 e. The molecule has 1 fully saturated rings. The molecule has 0 bridgehead atoms. The second kappa shape index (κ2) is 10.2. The van der Waals surface area contributed by atoms with E-state index in [1.807, 2.05) is 32.0 Å². The van der Waals surface area contributed by atoms with E-state index in [1.54, 1.807) is 11.3 Å². The van der Waals surface area contributed by atoms with E-state index in [2.05, 4.69) is 40.2 Å². The number of nitrogens with zero attached hydrogens (tertiary/aromatic N) is 3. The number of aromatic nitrogens is 2. The fourth-order valence-corrected chi connectivity index (χ4v) is 5.22. The van der Waals surface area contributed by atoms with Gasteiger partial charge in [-0.3, -0.25) is 4.79 Å². The Kier molecular flexibility index (Phi) is 7.32. The Bertz CT molecular complexity index is 1140. The summed E-state index contributed by atoms with van der Waals surface area (Å²) in [7, 11) is 0. The van der Waals surface area contributed by atoms with Gasteiger partial charge in [-0.1, -0.05) is 48.1 Å². The number of carbonyl (C=O) groups is 1. The first-order valence-corrected chi connectivity index (χ1v) is 12.4.